The van der Waals surface area contributed by atoms with Crippen LogP contribution in [0.3, 0.4) is 0 Å². The van der Waals surface area contributed by atoms with Crippen LogP contribution in [0.25, 0.3) is 0 Å². The molecule has 0 radical (unpaired) electrons. The average Bonchev–Trinajstić information content (AvgIpc) is 2.39. The van der Waals surface area contributed by atoms with Gasteiger partial charge < -0.3 is 9.84 Å². The zero-order valence-corrected chi connectivity index (χ0v) is 11.1. The third kappa shape index (κ3) is 3.32. The molecule has 0 atom stereocenters. The molecule has 3 nitrogen and oxygen atoms in total. The number of hydrogen-bond donors (Lipinski definition) is 1. The van der Waals surface area contributed by atoms with Gasteiger partial charge in [-0.25, -0.2) is 4.39 Å². The van der Waals surface area contributed by atoms with Crippen LogP contribution < -0.4 is 0 Å². The van der Waals surface area contributed by atoms with Crippen molar-refractivity contribution in [3.05, 3.63) is 35.6 Å². The standard InChI is InChI=1S/C15H19FO3/c1-11(17)19-10-15(8-6-14(18)7-9-15)12-2-4-13(16)5-3-12/h2-5,14,18H,6-10H2,1H3/t14-,15+. The van der Waals surface area contributed by atoms with Gasteiger partial charge in [0.1, 0.15) is 12.4 Å². The Bertz CT molecular complexity index is 433. The first kappa shape index (κ1) is 14.0. The predicted octanol–water partition coefficient (Wildman–Crippen LogP) is 2.56. The monoisotopic (exact) mass is 266 g/mol. The molecule has 0 unspecified atom stereocenters. The number of carbonyl (C=O) groups excluding carboxylic acids is 1. The molecule has 1 fully saturated rings. The number of ether oxygens (including phenoxy) is 1. The molecule has 0 aliphatic heterocycles. The molecule has 104 valence electrons. The first-order chi connectivity index (χ1) is 9.02. The summed E-state index contributed by atoms with van der Waals surface area (Å²) in [5.74, 6) is -0.588. The zero-order chi connectivity index (χ0) is 13.9. The van der Waals surface area contributed by atoms with Crippen LogP contribution in [0.2, 0.25) is 0 Å². The Labute approximate surface area is 112 Å². The quantitative estimate of drug-likeness (QED) is 0.855. The SMILES string of the molecule is CC(=O)OC[C@]1(c2ccc(F)cc2)CC[C@@H](O)CC1. The number of aliphatic hydroxyl groups excluding tert-OH is 1. The average molecular weight is 266 g/mol. The third-order valence-corrected chi connectivity index (χ3v) is 3.92. The molecular weight excluding hydrogens is 247 g/mol. The fourth-order valence-corrected chi connectivity index (χ4v) is 2.71. The van der Waals surface area contributed by atoms with Gasteiger partial charge in [0.15, 0.2) is 0 Å². The second kappa shape index (κ2) is 5.70. The number of esters is 1. The highest BCUT2D eigenvalue weighted by Crippen LogP contribution is 2.40. The summed E-state index contributed by atoms with van der Waals surface area (Å²) < 4.78 is 18.2. The van der Waals surface area contributed by atoms with E-state index in [1.165, 1.54) is 19.1 Å². The van der Waals surface area contributed by atoms with Crippen molar-refractivity contribution in [2.75, 3.05) is 6.61 Å². The number of halogens is 1. The van der Waals surface area contributed by atoms with E-state index >= 15 is 0 Å². The van der Waals surface area contributed by atoms with E-state index in [9.17, 15) is 14.3 Å². The van der Waals surface area contributed by atoms with Crippen LogP contribution in [0.1, 0.15) is 38.2 Å². The van der Waals surface area contributed by atoms with Gasteiger partial charge in [-0.1, -0.05) is 12.1 Å². The highest BCUT2D eigenvalue weighted by Gasteiger charge is 2.37. The molecule has 19 heavy (non-hydrogen) atoms. The maximum Gasteiger partial charge on any atom is 0.302 e. The lowest BCUT2D eigenvalue weighted by atomic mass is 9.69. The Hall–Kier alpha value is -1.42. The first-order valence-corrected chi connectivity index (χ1v) is 6.59. The molecular formula is C15H19FO3. The molecule has 1 aliphatic rings. The number of hydrogen-bond acceptors (Lipinski definition) is 3. The number of carbonyl (C=O) groups is 1. The Morgan fingerprint density at radius 3 is 2.47 bits per heavy atom. The van der Waals surface area contributed by atoms with Gasteiger partial charge in [-0.15, -0.1) is 0 Å². The van der Waals surface area contributed by atoms with Crippen molar-refractivity contribution in [1.82, 2.24) is 0 Å². The summed E-state index contributed by atoms with van der Waals surface area (Å²) in [6.45, 7) is 1.68. The summed E-state index contributed by atoms with van der Waals surface area (Å²) >= 11 is 0. The van der Waals surface area contributed by atoms with Crippen molar-refractivity contribution in [3.8, 4) is 0 Å². The lowest BCUT2D eigenvalue weighted by Crippen LogP contribution is -2.38. The number of rotatable bonds is 3. The van der Waals surface area contributed by atoms with Crippen molar-refractivity contribution in [2.45, 2.75) is 44.1 Å². The van der Waals surface area contributed by atoms with Gasteiger partial charge in [-0.2, -0.15) is 0 Å². The van der Waals surface area contributed by atoms with E-state index < -0.39 is 0 Å². The van der Waals surface area contributed by atoms with Crippen molar-refractivity contribution in [1.29, 1.82) is 0 Å². The summed E-state index contributed by atoms with van der Waals surface area (Å²) in [5, 5.41) is 9.64. The van der Waals surface area contributed by atoms with Gasteiger partial charge in [0.25, 0.3) is 0 Å². The summed E-state index contributed by atoms with van der Waals surface area (Å²) in [7, 11) is 0. The highest BCUT2D eigenvalue weighted by molar-refractivity contribution is 5.66. The van der Waals surface area contributed by atoms with Crippen LogP contribution in [-0.2, 0) is 14.9 Å². The minimum atomic E-state index is -0.312. The second-order valence-corrected chi connectivity index (χ2v) is 5.30. The minimum Gasteiger partial charge on any atom is -0.465 e. The first-order valence-electron chi connectivity index (χ1n) is 6.59. The molecule has 1 N–H and O–H groups in total. The normalized spacial score (nSPS) is 27.0. The van der Waals surface area contributed by atoms with E-state index in [1.54, 1.807) is 12.1 Å². The third-order valence-electron chi connectivity index (χ3n) is 3.92. The van der Waals surface area contributed by atoms with Gasteiger partial charge in [0.2, 0.25) is 0 Å². The van der Waals surface area contributed by atoms with E-state index in [4.69, 9.17) is 4.74 Å². The summed E-state index contributed by atoms with van der Waals surface area (Å²) in [6.07, 6.45) is 2.56. The summed E-state index contributed by atoms with van der Waals surface area (Å²) in [4.78, 5) is 11.0. The molecule has 0 saturated heterocycles. The van der Waals surface area contributed by atoms with E-state index in [0.717, 1.165) is 18.4 Å². The molecule has 1 aromatic carbocycles. The van der Waals surface area contributed by atoms with Crippen molar-refractivity contribution in [3.63, 3.8) is 0 Å². The van der Waals surface area contributed by atoms with E-state index in [1.807, 2.05) is 0 Å². The smallest absolute Gasteiger partial charge is 0.302 e. The number of aliphatic hydroxyl groups is 1. The van der Waals surface area contributed by atoms with Gasteiger partial charge in [0.05, 0.1) is 6.10 Å². The maximum atomic E-state index is 13.0. The highest BCUT2D eigenvalue weighted by atomic mass is 19.1. The Morgan fingerprint density at radius 2 is 1.95 bits per heavy atom. The molecule has 0 bridgehead atoms. The van der Waals surface area contributed by atoms with Crippen molar-refractivity contribution >= 4 is 5.97 Å². The molecule has 1 aliphatic carbocycles. The molecule has 0 amide bonds. The fraction of sp³-hybridized carbons (Fsp3) is 0.533. The van der Waals surface area contributed by atoms with Crippen LogP contribution in [0.4, 0.5) is 4.39 Å². The van der Waals surface area contributed by atoms with Crippen LogP contribution in [0.5, 0.6) is 0 Å². The van der Waals surface area contributed by atoms with Crippen molar-refractivity contribution < 1.29 is 19.0 Å². The molecule has 0 spiro atoms. The second-order valence-electron chi connectivity index (χ2n) is 5.30. The Balaban J connectivity index is 2.22. The van der Waals surface area contributed by atoms with Crippen LogP contribution in [-0.4, -0.2) is 23.8 Å². The number of benzene rings is 1. The molecule has 0 aromatic heterocycles. The van der Waals surface area contributed by atoms with Gasteiger partial charge in [0, 0.05) is 12.3 Å². The van der Waals surface area contributed by atoms with E-state index in [-0.39, 0.29) is 23.3 Å². The van der Waals surface area contributed by atoms with E-state index in [0.29, 0.717) is 19.4 Å². The minimum absolute atomic E-state index is 0.276. The topological polar surface area (TPSA) is 46.5 Å². The van der Waals surface area contributed by atoms with Crippen LogP contribution in [0.15, 0.2) is 24.3 Å². The van der Waals surface area contributed by atoms with Gasteiger partial charge in [-0.05, 0) is 43.4 Å². The lowest BCUT2D eigenvalue weighted by Gasteiger charge is -2.38. The molecule has 0 heterocycles. The molecule has 1 saturated carbocycles. The molecule has 4 heteroatoms. The molecule has 1 aromatic rings. The summed E-state index contributed by atoms with van der Waals surface area (Å²) in [6, 6.07) is 6.35. The van der Waals surface area contributed by atoms with Gasteiger partial charge in [-0.3, -0.25) is 4.79 Å². The zero-order valence-electron chi connectivity index (χ0n) is 11.1. The van der Waals surface area contributed by atoms with Crippen LogP contribution >= 0.6 is 0 Å². The fourth-order valence-electron chi connectivity index (χ4n) is 2.71. The largest absolute Gasteiger partial charge is 0.465 e. The van der Waals surface area contributed by atoms with E-state index in [2.05, 4.69) is 0 Å². The Kier molecular flexibility index (Phi) is 4.20. The summed E-state index contributed by atoms with van der Waals surface area (Å²) in [5.41, 5.74) is 0.681. The maximum absolute atomic E-state index is 13.0. The predicted molar refractivity (Wildman–Crippen MR) is 69.2 cm³/mol. The Morgan fingerprint density at radius 1 is 1.37 bits per heavy atom. The van der Waals surface area contributed by atoms with Crippen molar-refractivity contribution in [2.24, 2.45) is 0 Å². The van der Waals surface area contributed by atoms with Gasteiger partial charge >= 0.3 is 5.97 Å². The molecule has 2 rings (SSSR count). The lowest BCUT2D eigenvalue weighted by molar-refractivity contribution is -0.143. The van der Waals surface area contributed by atoms with Crippen LogP contribution in [0, 0.1) is 5.82 Å².